The van der Waals surface area contributed by atoms with Crippen LogP contribution in [0.4, 0.5) is 10.5 Å². The lowest BCUT2D eigenvalue weighted by atomic mass is 10.1. The van der Waals surface area contributed by atoms with E-state index in [4.69, 9.17) is 22.2 Å². The molecule has 1 aromatic carbocycles. The van der Waals surface area contributed by atoms with E-state index in [1.165, 1.54) is 0 Å². The summed E-state index contributed by atoms with van der Waals surface area (Å²) in [5, 5.41) is 3.21. The number of carbonyl (C=O) groups is 1. The quantitative estimate of drug-likeness (QED) is 0.834. The molecule has 5 nitrogen and oxygen atoms in total. The van der Waals surface area contributed by atoms with E-state index in [0.717, 1.165) is 5.56 Å². The highest BCUT2D eigenvalue weighted by atomic mass is 35.5. The van der Waals surface area contributed by atoms with Crippen LogP contribution < -0.4 is 11.2 Å². The first-order valence-electron chi connectivity index (χ1n) is 5.92. The standard InChI is InChI=1S/C13H19ClN2O3/c1-13(2,3)19-12(17)16-11-8-10(14)5-4-9(11)6-7-18-15/h4-5,8H,6-7,15H2,1-3H3,(H,16,17). The molecule has 0 aliphatic carbocycles. The maximum absolute atomic E-state index is 11.7. The zero-order valence-corrected chi connectivity index (χ0v) is 12.1. The zero-order valence-electron chi connectivity index (χ0n) is 11.3. The van der Waals surface area contributed by atoms with Crippen LogP contribution in [0.15, 0.2) is 18.2 Å². The number of halogens is 1. The molecule has 3 N–H and O–H groups in total. The summed E-state index contributed by atoms with van der Waals surface area (Å²) < 4.78 is 5.19. The molecular weight excluding hydrogens is 268 g/mol. The van der Waals surface area contributed by atoms with Crippen molar-refractivity contribution >= 4 is 23.4 Å². The lowest BCUT2D eigenvalue weighted by molar-refractivity contribution is 0.0635. The molecule has 0 saturated heterocycles. The van der Waals surface area contributed by atoms with Gasteiger partial charge in [-0.05, 0) is 44.9 Å². The lowest BCUT2D eigenvalue weighted by Gasteiger charge is -2.20. The second kappa shape index (κ2) is 6.75. The predicted molar refractivity (Wildman–Crippen MR) is 75.2 cm³/mol. The van der Waals surface area contributed by atoms with Crippen LogP contribution in [0.25, 0.3) is 0 Å². The van der Waals surface area contributed by atoms with Gasteiger partial charge in [0.05, 0.1) is 6.61 Å². The maximum atomic E-state index is 11.7. The van der Waals surface area contributed by atoms with Gasteiger partial charge in [-0.3, -0.25) is 5.32 Å². The Bertz CT molecular complexity index is 444. The van der Waals surface area contributed by atoms with Crippen molar-refractivity contribution in [3.05, 3.63) is 28.8 Å². The molecule has 1 aromatic rings. The van der Waals surface area contributed by atoms with E-state index in [1.807, 2.05) is 6.07 Å². The van der Waals surface area contributed by atoms with Gasteiger partial charge in [0.25, 0.3) is 0 Å². The molecule has 0 fully saturated rings. The number of carbonyl (C=O) groups excluding carboxylic acids is 1. The minimum absolute atomic E-state index is 0.352. The average Bonchev–Trinajstić information content (AvgIpc) is 2.25. The fourth-order valence-electron chi connectivity index (χ4n) is 1.47. The van der Waals surface area contributed by atoms with Crippen molar-refractivity contribution in [3.8, 4) is 0 Å². The van der Waals surface area contributed by atoms with E-state index in [9.17, 15) is 4.79 Å². The molecule has 0 aliphatic rings. The summed E-state index contributed by atoms with van der Waals surface area (Å²) in [7, 11) is 0. The molecule has 0 aliphatic heterocycles. The largest absolute Gasteiger partial charge is 0.444 e. The van der Waals surface area contributed by atoms with Crippen LogP contribution in [0.3, 0.4) is 0 Å². The number of hydrogen-bond donors (Lipinski definition) is 2. The highest BCUT2D eigenvalue weighted by Crippen LogP contribution is 2.22. The maximum Gasteiger partial charge on any atom is 0.412 e. The smallest absolute Gasteiger partial charge is 0.412 e. The molecule has 1 amide bonds. The molecule has 0 radical (unpaired) electrons. The van der Waals surface area contributed by atoms with Crippen molar-refractivity contribution in [1.29, 1.82) is 0 Å². The van der Waals surface area contributed by atoms with Crippen LogP contribution in [0.5, 0.6) is 0 Å². The van der Waals surface area contributed by atoms with E-state index in [2.05, 4.69) is 10.2 Å². The summed E-state index contributed by atoms with van der Waals surface area (Å²) in [6.07, 6.45) is 0.0448. The molecule has 0 saturated carbocycles. The van der Waals surface area contributed by atoms with E-state index >= 15 is 0 Å². The van der Waals surface area contributed by atoms with Crippen molar-refractivity contribution in [2.75, 3.05) is 11.9 Å². The predicted octanol–water partition coefficient (Wildman–Crippen LogP) is 3.12. The van der Waals surface area contributed by atoms with Gasteiger partial charge in [-0.25, -0.2) is 10.7 Å². The Hall–Kier alpha value is -1.30. The molecule has 1 rings (SSSR count). The Morgan fingerprint density at radius 3 is 2.68 bits per heavy atom. The number of anilines is 1. The Morgan fingerprint density at radius 1 is 1.42 bits per heavy atom. The Morgan fingerprint density at radius 2 is 2.11 bits per heavy atom. The van der Waals surface area contributed by atoms with Gasteiger partial charge in [-0.15, -0.1) is 0 Å². The summed E-state index contributed by atoms with van der Waals surface area (Å²) >= 11 is 5.92. The Kier molecular flexibility index (Phi) is 5.60. The first kappa shape index (κ1) is 15.8. The molecule has 0 heterocycles. The summed E-state index contributed by atoms with van der Waals surface area (Å²) in [5.41, 5.74) is 0.919. The van der Waals surface area contributed by atoms with Crippen LogP contribution in [0, 0.1) is 0 Å². The van der Waals surface area contributed by atoms with Crippen LogP contribution in [0.2, 0.25) is 5.02 Å². The molecule has 6 heteroatoms. The fourth-order valence-corrected chi connectivity index (χ4v) is 1.64. The van der Waals surface area contributed by atoms with Gasteiger partial charge in [0.2, 0.25) is 0 Å². The van der Waals surface area contributed by atoms with Crippen LogP contribution >= 0.6 is 11.6 Å². The minimum Gasteiger partial charge on any atom is -0.444 e. The third-order valence-corrected chi connectivity index (χ3v) is 2.43. The fraction of sp³-hybridized carbons (Fsp3) is 0.462. The number of benzene rings is 1. The van der Waals surface area contributed by atoms with Crippen molar-refractivity contribution in [1.82, 2.24) is 0 Å². The minimum atomic E-state index is -0.552. The summed E-state index contributed by atoms with van der Waals surface area (Å²) in [4.78, 5) is 16.3. The molecule has 106 valence electrons. The summed E-state index contributed by atoms with van der Waals surface area (Å²) in [6, 6.07) is 5.22. The molecule has 19 heavy (non-hydrogen) atoms. The van der Waals surface area contributed by atoms with Crippen LogP contribution in [-0.2, 0) is 16.0 Å². The van der Waals surface area contributed by atoms with Gasteiger partial charge >= 0.3 is 6.09 Å². The zero-order chi connectivity index (χ0) is 14.5. The van der Waals surface area contributed by atoms with E-state index in [-0.39, 0.29) is 0 Å². The highest BCUT2D eigenvalue weighted by molar-refractivity contribution is 6.31. The van der Waals surface area contributed by atoms with E-state index in [1.54, 1.807) is 32.9 Å². The van der Waals surface area contributed by atoms with Crippen LogP contribution in [0.1, 0.15) is 26.3 Å². The van der Waals surface area contributed by atoms with Crippen molar-refractivity contribution in [2.45, 2.75) is 32.8 Å². The van der Waals surface area contributed by atoms with Gasteiger partial charge in [0.15, 0.2) is 0 Å². The van der Waals surface area contributed by atoms with E-state index in [0.29, 0.717) is 23.7 Å². The number of amides is 1. The third kappa shape index (κ3) is 5.92. The molecular formula is C13H19ClN2O3. The van der Waals surface area contributed by atoms with Gasteiger partial charge in [0, 0.05) is 10.7 Å². The lowest BCUT2D eigenvalue weighted by Crippen LogP contribution is -2.27. The number of ether oxygens (including phenoxy) is 1. The van der Waals surface area contributed by atoms with Crippen molar-refractivity contribution in [3.63, 3.8) is 0 Å². The molecule has 0 aromatic heterocycles. The number of nitrogens with one attached hydrogen (secondary N) is 1. The molecule has 0 bridgehead atoms. The van der Waals surface area contributed by atoms with Gasteiger partial charge in [-0.1, -0.05) is 17.7 Å². The highest BCUT2D eigenvalue weighted by Gasteiger charge is 2.17. The molecule has 0 spiro atoms. The number of hydrogen-bond acceptors (Lipinski definition) is 4. The van der Waals surface area contributed by atoms with Crippen molar-refractivity contribution in [2.24, 2.45) is 5.90 Å². The summed E-state index contributed by atoms with van der Waals surface area (Å²) in [5.74, 6) is 5.00. The topological polar surface area (TPSA) is 73.6 Å². The first-order chi connectivity index (χ1) is 8.81. The SMILES string of the molecule is CC(C)(C)OC(=O)Nc1cc(Cl)ccc1CCON. The second-order valence-corrected chi connectivity index (χ2v) is 5.49. The molecule has 0 unspecified atom stereocenters. The molecule has 0 atom stereocenters. The average molecular weight is 287 g/mol. The number of nitrogens with two attached hydrogens (primary N) is 1. The van der Waals surface area contributed by atoms with Gasteiger partial charge < -0.3 is 9.57 Å². The third-order valence-electron chi connectivity index (χ3n) is 2.20. The summed E-state index contributed by atoms with van der Waals surface area (Å²) in [6.45, 7) is 5.75. The second-order valence-electron chi connectivity index (χ2n) is 5.05. The van der Waals surface area contributed by atoms with E-state index < -0.39 is 11.7 Å². The normalized spacial score (nSPS) is 11.2. The van der Waals surface area contributed by atoms with Gasteiger partial charge in [0.1, 0.15) is 5.60 Å². The van der Waals surface area contributed by atoms with Crippen molar-refractivity contribution < 1.29 is 14.4 Å². The number of rotatable bonds is 4. The Balaban J connectivity index is 2.80. The first-order valence-corrected chi connectivity index (χ1v) is 6.30. The van der Waals surface area contributed by atoms with Crippen LogP contribution in [-0.4, -0.2) is 18.3 Å². The van der Waals surface area contributed by atoms with Gasteiger partial charge in [-0.2, -0.15) is 0 Å². The monoisotopic (exact) mass is 286 g/mol. The Labute approximate surface area is 118 Å².